The molecule has 0 bridgehead atoms. The summed E-state index contributed by atoms with van der Waals surface area (Å²) in [6.07, 6.45) is 5.78. The SMILES string of the molecule is C=C1C(=C)C(CCCc2ccc(CC)cc2CC)=C1C.CC.CC. The third kappa shape index (κ3) is 5.51. The molecule has 134 valence electrons. The van der Waals surface area contributed by atoms with Crippen LogP contribution in [-0.4, -0.2) is 0 Å². The van der Waals surface area contributed by atoms with Crippen molar-refractivity contribution in [2.75, 3.05) is 0 Å². The van der Waals surface area contributed by atoms with E-state index in [0.29, 0.717) is 0 Å². The number of hydrogen-bond acceptors (Lipinski definition) is 0. The van der Waals surface area contributed by atoms with Crippen LogP contribution in [0.15, 0.2) is 53.6 Å². The normalized spacial score (nSPS) is 12.8. The van der Waals surface area contributed by atoms with E-state index in [9.17, 15) is 0 Å². The number of benzene rings is 1. The maximum absolute atomic E-state index is 4.10. The molecule has 0 aliphatic heterocycles. The first-order valence-corrected chi connectivity index (χ1v) is 9.77. The van der Waals surface area contributed by atoms with Gasteiger partial charge in [0.1, 0.15) is 0 Å². The van der Waals surface area contributed by atoms with Crippen LogP contribution in [0.25, 0.3) is 0 Å². The number of allylic oxidation sites excluding steroid dienone is 4. The van der Waals surface area contributed by atoms with Gasteiger partial charge < -0.3 is 0 Å². The Labute approximate surface area is 151 Å². The van der Waals surface area contributed by atoms with E-state index < -0.39 is 0 Å². The minimum Gasteiger partial charge on any atom is -0.0909 e. The highest BCUT2D eigenvalue weighted by atomic mass is 14.3. The van der Waals surface area contributed by atoms with Crippen LogP contribution in [0.1, 0.15) is 78.0 Å². The zero-order valence-corrected chi connectivity index (χ0v) is 17.2. The first kappa shape index (κ1) is 22.4. The minimum absolute atomic E-state index is 1.13. The lowest BCUT2D eigenvalue weighted by Gasteiger charge is -2.27. The van der Waals surface area contributed by atoms with E-state index in [4.69, 9.17) is 0 Å². The topological polar surface area (TPSA) is 0 Å². The first-order valence-electron chi connectivity index (χ1n) is 9.77. The second-order valence-corrected chi connectivity index (χ2v) is 5.72. The fraction of sp³-hybridized carbons (Fsp3) is 0.500. The highest BCUT2D eigenvalue weighted by Gasteiger charge is 2.21. The van der Waals surface area contributed by atoms with Crippen molar-refractivity contribution in [1.29, 1.82) is 0 Å². The van der Waals surface area contributed by atoms with Crippen LogP contribution < -0.4 is 0 Å². The molecule has 24 heavy (non-hydrogen) atoms. The van der Waals surface area contributed by atoms with E-state index in [2.05, 4.69) is 52.1 Å². The predicted molar refractivity (Wildman–Crippen MR) is 112 cm³/mol. The predicted octanol–water partition coefficient (Wildman–Crippen LogP) is 7.63. The van der Waals surface area contributed by atoms with Crippen LogP contribution in [0, 0.1) is 0 Å². The lowest BCUT2D eigenvalue weighted by molar-refractivity contribution is 0.792. The second-order valence-electron chi connectivity index (χ2n) is 5.72. The fourth-order valence-corrected chi connectivity index (χ4v) is 3.02. The molecule has 0 saturated heterocycles. The standard InChI is InChI=1S/C20H26.2C2H6/c1-6-17-11-12-19(18(7-2)13-17)9-8-10-20-15(4)14(3)16(20)5;2*1-2/h11-13H,3-4,6-10H2,1-2,5H3;2*1-2H3. The Morgan fingerprint density at radius 2 is 1.42 bits per heavy atom. The molecular formula is C24H38. The molecule has 1 aliphatic carbocycles. The average Bonchev–Trinajstić information content (AvgIpc) is 2.67. The van der Waals surface area contributed by atoms with Crippen molar-refractivity contribution in [1.82, 2.24) is 0 Å². The summed E-state index contributed by atoms with van der Waals surface area (Å²) >= 11 is 0. The Hall–Kier alpha value is -1.56. The Morgan fingerprint density at radius 1 is 0.792 bits per heavy atom. The van der Waals surface area contributed by atoms with Gasteiger partial charge in [-0.2, -0.15) is 0 Å². The lowest BCUT2D eigenvalue weighted by atomic mass is 9.78. The van der Waals surface area contributed by atoms with E-state index in [0.717, 1.165) is 24.8 Å². The van der Waals surface area contributed by atoms with Crippen LogP contribution in [0.4, 0.5) is 0 Å². The third-order valence-corrected chi connectivity index (χ3v) is 4.57. The average molecular weight is 327 g/mol. The molecule has 0 amide bonds. The molecule has 0 unspecified atom stereocenters. The number of hydrogen-bond donors (Lipinski definition) is 0. The van der Waals surface area contributed by atoms with Gasteiger partial charge in [-0.15, -0.1) is 0 Å². The molecule has 0 fully saturated rings. The highest BCUT2D eigenvalue weighted by Crippen LogP contribution is 2.39. The van der Waals surface area contributed by atoms with E-state index in [1.165, 1.54) is 46.3 Å². The van der Waals surface area contributed by atoms with Crippen LogP contribution in [0.3, 0.4) is 0 Å². The quantitative estimate of drug-likeness (QED) is 0.504. The summed E-state index contributed by atoms with van der Waals surface area (Å²) in [5, 5.41) is 0. The summed E-state index contributed by atoms with van der Waals surface area (Å²) in [5.74, 6) is 0. The van der Waals surface area contributed by atoms with Gasteiger partial charge in [-0.05, 0) is 78.0 Å². The van der Waals surface area contributed by atoms with Gasteiger partial charge in [0.2, 0.25) is 0 Å². The zero-order valence-electron chi connectivity index (χ0n) is 17.2. The summed E-state index contributed by atoms with van der Waals surface area (Å²) in [5.41, 5.74) is 9.64. The Kier molecular flexibility index (Phi) is 11.1. The molecule has 1 aliphatic rings. The van der Waals surface area contributed by atoms with Gasteiger partial charge in [-0.25, -0.2) is 0 Å². The monoisotopic (exact) mass is 326 g/mol. The minimum atomic E-state index is 1.13. The van der Waals surface area contributed by atoms with E-state index in [-0.39, 0.29) is 0 Å². The van der Waals surface area contributed by atoms with Gasteiger partial charge in [-0.3, -0.25) is 0 Å². The van der Waals surface area contributed by atoms with E-state index >= 15 is 0 Å². The molecule has 0 heteroatoms. The van der Waals surface area contributed by atoms with Crippen molar-refractivity contribution in [3.05, 3.63) is 70.3 Å². The lowest BCUT2D eigenvalue weighted by Crippen LogP contribution is -2.09. The summed E-state index contributed by atoms with van der Waals surface area (Å²) < 4.78 is 0. The van der Waals surface area contributed by atoms with Crippen LogP contribution in [0.2, 0.25) is 0 Å². The van der Waals surface area contributed by atoms with Crippen molar-refractivity contribution < 1.29 is 0 Å². The summed E-state index contributed by atoms with van der Waals surface area (Å²) in [6, 6.07) is 6.99. The highest BCUT2D eigenvalue weighted by molar-refractivity contribution is 5.66. The number of aryl methyl sites for hydroxylation is 3. The smallest absolute Gasteiger partial charge is 0.0224 e. The Balaban J connectivity index is 0.00000123. The second kappa shape index (κ2) is 11.9. The molecule has 1 aromatic rings. The van der Waals surface area contributed by atoms with Gasteiger partial charge in [0.15, 0.2) is 0 Å². The van der Waals surface area contributed by atoms with Gasteiger partial charge in [0.05, 0.1) is 0 Å². The molecule has 0 heterocycles. The maximum Gasteiger partial charge on any atom is -0.0224 e. The van der Waals surface area contributed by atoms with Gasteiger partial charge in [0.25, 0.3) is 0 Å². The van der Waals surface area contributed by atoms with Crippen molar-refractivity contribution in [3.63, 3.8) is 0 Å². The Bertz CT molecular complexity index is 570. The molecule has 0 spiro atoms. The van der Waals surface area contributed by atoms with Crippen molar-refractivity contribution >= 4 is 0 Å². The maximum atomic E-state index is 4.10. The molecular weight excluding hydrogens is 288 g/mol. The molecule has 0 atom stereocenters. The van der Waals surface area contributed by atoms with E-state index in [1.54, 1.807) is 0 Å². The van der Waals surface area contributed by atoms with Crippen molar-refractivity contribution in [2.24, 2.45) is 0 Å². The van der Waals surface area contributed by atoms with Gasteiger partial charge in [-0.1, -0.05) is 72.9 Å². The van der Waals surface area contributed by atoms with E-state index in [1.807, 2.05) is 27.7 Å². The molecule has 0 nitrogen and oxygen atoms in total. The summed E-state index contributed by atoms with van der Waals surface area (Å²) in [6.45, 7) is 22.8. The molecule has 0 saturated carbocycles. The first-order chi connectivity index (χ1) is 11.6. The van der Waals surface area contributed by atoms with Crippen molar-refractivity contribution in [3.8, 4) is 0 Å². The summed E-state index contributed by atoms with van der Waals surface area (Å²) in [7, 11) is 0. The number of rotatable bonds is 6. The zero-order chi connectivity index (χ0) is 18.7. The van der Waals surface area contributed by atoms with Crippen LogP contribution >= 0.6 is 0 Å². The third-order valence-electron chi connectivity index (χ3n) is 4.57. The van der Waals surface area contributed by atoms with Crippen molar-refractivity contribution in [2.45, 2.75) is 80.6 Å². The molecule has 0 N–H and O–H groups in total. The van der Waals surface area contributed by atoms with Gasteiger partial charge in [0, 0.05) is 0 Å². The molecule has 1 aromatic carbocycles. The Morgan fingerprint density at radius 3 is 1.92 bits per heavy atom. The molecule has 2 rings (SSSR count). The van der Waals surface area contributed by atoms with Crippen LogP contribution in [0.5, 0.6) is 0 Å². The van der Waals surface area contributed by atoms with Gasteiger partial charge >= 0.3 is 0 Å². The molecule has 0 radical (unpaired) electrons. The van der Waals surface area contributed by atoms with Crippen LogP contribution in [-0.2, 0) is 19.3 Å². The summed E-state index contributed by atoms with van der Waals surface area (Å²) in [4.78, 5) is 0. The fourth-order valence-electron chi connectivity index (χ4n) is 3.02. The molecule has 0 aromatic heterocycles. The largest absolute Gasteiger partial charge is 0.0909 e.